The SMILES string of the molecule is C=C/C=C(/CNc1ccc(-c2cc(C(F)(F)F)ccc2Cl)cn1)C(=C)F. The van der Waals surface area contributed by atoms with Crippen molar-refractivity contribution in [1.29, 1.82) is 0 Å². The average Bonchev–Trinajstić information content (AvgIpc) is 2.58. The van der Waals surface area contributed by atoms with E-state index in [1.54, 1.807) is 12.1 Å². The summed E-state index contributed by atoms with van der Waals surface area (Å²) in [6, 6.07) is 6.25. The maximum Gasteiger partial charge on any atom is 0.416 e. The highest BCUT2D eigenvalue weighted by atomic mass is 35.5. The van der Waals surface area contributed by atoms with Gasteiger partial charge in [0.2, 0.25) is 0 Å². The molecule has 0 fully saturated rings. The van der Waals surface area contributed by atoms with Crippen molar-refractivity contribution in [3.8, 4) is 11.1 Å². The van der Waals surface area contributed by atoms with Crippen LogP contribution in [0.15, 0.2) is 73.2 Å². The number of benzene rings is 1. The first-order valence-corrected chi connectivity index (χ1v) is 7.83. The number of nitrogens with zero attached hydrogens (tertiary/aromatic N) is 1. The van der Waals surface area contributed by atoms with Crippen molar-refractivity contribution in [2.75, 3.05) is 11.9 Å². The van der Waals surface area contributed by atoms with E-state index in [1.807, 2.05) is 0 Å². The molecule has 0 aliphatic rings. The van der Waals surface area contributed by atoms with Gasteiger partial charge in [0.1, 0.15) is 11.6 Å². The highest BCUT2D eigenvalue weighted by Crippen LogP contribution is 2.35. The average molecular weight is 383 g/mol. The predicted octanol–water partition coefficient (Wildman–Crippen LogP) is 6.43. The van der Waals surface area contributed by atoms with Crippen molar-refractivity contribution in [2.24, 2.45) is 0 Å². The molecular formula is C19H15ClF4N2. The second-order valence-corrected chi connectivity index (χ2v) is 5.72. The van der Waals surface area contributed by atoms with Gasteiger partial charge in [0, 0.05) is 34.5 Å². The zero-order chi connectivity index (χ0) is 19.3. The number of nitrogens with one attached hydrogen (secondary N) is 1. The monoisotopic (exact) mass is 382 g/mol. The normalized spacial score (nSPS) is 12.0. The molecule has 0 spiro atoms. The molecule has 0 aliphatic heterocycles. The van der Waals surface area contributed by atoms with Crippen molar-refractivity contribution in [3.63, 3.8) is 0 Å². The number of rotatable bonds is 6. The molecule has 1 aromatic carbocycles. The van der Waals surface area contributed by atoms with Gasteiger partial charge in [-0.25, -0.2) is 9.37 Å². The molecule has 136 valence electrons. The minimum Gasteiger partial charge on any atom is -0.366 e. The molecule has 26 heavy (non-hydrogen) atoms. The summed E-state index contributed by atoms with van der Waals surface area (Å²) in [6.07, 6.45) is -0.151. The highest BCUT2D eigenvalue weighted by Gasteiger charge is 2.31. The quantitative estimate of drug-likeness (QED) is 0.460. The Morgan fingerprint density at radius 1 is 1.23 bits per heavy atom. The van der Waals surface area contributed by atoms with Crippen LogP contribution < -0.4 is 5.32 Å². The van der Waals surface area contributed by atoms with Crippen LogP contribution in [0.25, 0.3) is 11.1 Å². The Balaban J connectivity index is 2.21. The molecule has 2 rings (SSSR count). The van der Waals surface area contributed by atoms with Crippen LogP contribution in [0.5, 0.6) is 0 Å². The molecule has 0 saturated carbocycles. The van der Waals surface area contributed by atoms with Gasteiger partial charge >= 0.3 is 6.18 Å². The van der Waals surface area contributed by atoms with Gasteiger partial charge in [0.15, 0.2) is 0 Å². The van der Waals surface area contributed by atoms with Gasteiger partial charge in [0.05, 0.1) is 5.56 Å². The van der Waals surface area contributed by atoms with Crippen LogP contribution in [0.2, 0.25) is 5.02 Å². The fourth-order valence-corrected chi connectivity index (χ4v) is 2.38. The third-order valence-corrected chi connectivity index (χ3v) is 3.83. The van der Waals surface area contributed by atoms with Gasteiger partial charge in [-0.15, -0.1) is 0 Å². The van der Waals surface area contributed by atoms with Crippen molar-refractivity contribution in [2.45, 2.75) is 6.18 Å². The number of allylic oxidation sites excluding steroid dienone is 2. The first-order valence-electron chi connectivity index (χ1n) is 7.46. The number of hydrogen-bond donors (Lipinski definition) is 1. The number of pyridine rings is 1. The second-order valence-electron chi connectivity index (χ2n) is 5.31. The smallest absolute Gasteiger partial charge is 0.366 e. The summed E-state index contributed by atoms with van der Waals surface area (Å²) in [4.78, 5) is 4.12. The van der Waals surface area contributed by atoms with Crippen LogP contribution in [-0.4, -0.2) is 11.5 Å². The summed E-state index contributed by atoms with van der Waals surface area (Å²) in [5, 5.41) is 3.08. The van der Waals surface area contributed by atoms with Crippen LogP contribution in [0.1, 0.15) is 5.56 Å². The summed E-state index contributed by atoms with van der Waals surface area (Å²) in [5.74, 6) is -0.169. The third-order valence-electron chi connectivity index (χ3n) is 3.50. The molecular weight excluding hydrogens is 368 g/mol. The van der Waals surface area contributed by atoms with Crippen molar-refractivity contribution < 1.29 is 17.6 Å². The van der Waals surface area contributed by atoms with Gasteiger partial charge in [0.25, 0.3) is 0 Å². The van der Waals surface area contributed by atoms with E-state index in [4.69, 9.17) is 11.6 Å². The zero-order valence-electron chi connectivity index (χ0n) is 13.6. The third kappa shape index (κ3) is 4.95. The lowest BCUT2D eigenvalue weighted by molar-refractivity contribution is -0.137. The van der Waals surface area contributed by atoms with E-state index in [0.717, 1.165) is 12.1 Å². The largest absolute Gasteiger partial charge is 0.416 e. The second kappa shape index (κ2) is 8.19. The standard InChI is InChI=1S/C19H15ClF4N2/c1-3-4-13(12(2)21)10-25-18-8-5-14(11-26-18)16-9-15(19(22,23)24)6-7-17(16)20/h3-9,11H,1-2,10H2,(H,25,26)/b13-4-. The summed E-state index contributed by atoms with van der Waals surface area (Å²) in [7, 11) is 0. The number of anilines is 1. The molecule has 0 unspecified atom stereocenters. The Morgan fingerprint density at radius 2 is 1.96 bits per heavy atom. The van der Waals surface area contributed by atoms with Gasteiger partial charge in [-0.1, -0.05) is 36.9 Å². The van der Waals surface area contributed by atoms with E-state index in [-0.39, 0.29) is 17.1 Å². The van der Waals surface area contributed by atoms with E-state index >= 15 is 0 Å². The van der Waals surface area contributed by atoms with Crippen LogP contribution in [0.4, 0.5) is 23.4 Å². The molecule has 7 heteroatoms. The Morgan fingerprint density at radius 3 is 2.50 bits per heavy atom. The van der Waals surface area contributed by atoms with Crippen LogP contribution >= 0.6 is 11.6 Å². The Bertz CT molecular complexity index is 840. The summed E-state index contributed by atoms with van der Waals surface area (Å²) < 4.78 is 51.8. The van der Waals surface area contributed by atoms with Gasteiger partial charge in [-0.05, 0) is 30.3 Å². The summed E-state index contributed by atoms with van der Waals surface area (Å²) in [5.41, 5.74) is 0.180. The number of halogens is 5. The topological polar surface area (TPSA) is 24.9 Å². The van der Waals surface area contributed by atoms with Crippen LogP contribution in [-0.2, 0) is 6.18 Å². The van der Waals surface area contributed by atoms with Gasteiger partial charge < -0.3 is 5.32 Å². The maximum atomic E-state index is 13.2. The van der Waals surface area contributed by atoms with E-state index in [2.05, 4.69) is 23.5 Å². The van der Waals surface area contributed by atoms with Crippen molar-refractivity contribution >= 4 is 17.4 Å². The van der Waals surface area contributed by atoms with Gasteiger partial charge in [-0.2, -0.15) is 13.2 Å². The Hall–Kier alpha value is -2.60. The predicted molar refractivity (Wildman–Crippen MR) is 96.7 cm³/mol. The van der Waals surface area contributed by atoms with E-state index in [1.165, 1.54) is 24.4 Å². The molecule has 2 aromatic rings. The van der Waals surface area contributed by atoms with Gasteiger partial charge in [-0.3, -0.25) is 0 Å². The fraction of sp³-hybridized carbons (Fsp3) is 0.105. The molecule has 0 atom stereocenters. The lowest BCUT2D eigenvalue weighted by atomic mass is 10.0. The molecule has 2 nitrogen and oxygen atoms in total. The number of aromatic nitrogens is 1. The first-order chi connectivity index (χ1) is 12.2. The molecule has 0 bridgehead atoms. The molecule has 0 saturated heterocycles. The lowest BCUT2D eigenvalue weighted by Gasteiger charge is -2.11. The van der Waals surface area contributed by atoms with Crippen molar-refractivity contribution in [3.05, 3.63) is 83.8 Å². The highest BCUT2D eigenvalue weighted by molar-refractivity contribution is 6.33. The first kappa shape index (κ1) is 19.7. The number of hydrogen-bond acceptors (Lipinski definition) is 2. The number of alkyl halides is 3. The lowest BCUT2D eigenvalue weighted by Crippen LogP contribution is -2.06. The zero-order valence-corrected chi connectivity index (χ0v) is 14.3. The Kier molecular flexibility index (Phi) is 6.21. The minimum atomic E-state index is -4.46. The van der Waals surface area contributed by atoms with E-state index in [9.17, 15) is 17.6 Å². The summed E-state index contributed by atoms with van der Waals surface area (Å²) >= 11 is 6.01. The molecule has 0 aliphatic carbocycles. The molecule has 1 aromatic heterocycles. The fourth-order valence-electron chi connectivity index (χ4n) is 2.15. The van der Waals surface area contributed by atoms with Crippen molar-refractivity contribution in [1.82, 2.24) is 4.98 Å². The molecule has 0 radical (unpaired) electrons. The van der Waals surface area contributed by atoms with Crippen LogP contribution in [0, 0.1) is 0 Å². The molecule has 0 amide bonds. The summed E-state index contributed by atoms with van der Waals surface area (Å²) in [6.45, 7) is 6.86. The molecule has 1 heterocycles. The van der Waals surface area contributed by atoms with E-state index in [0.29, 0.717) is 17.0 Å². The maximum absolute atomic E-state index is 13.2. The Labute approximate surface area is 153 Å². The minimum absolute atomic E-state index is 0.137. The van der Waals surface area contributed by atoms with E-state index < -0.39 is 17.6 Å². The molecule has 1 N–H and O–H groups in total. The van der Waals surface area contributed by atoms with Crippen LogP contribution in [0.3, 0.4) is 0 Å².